The molecule has 3 rings (SSSR count). The highest BCUT2D eigenvalue weighted by Crippen LogP contribution is 2.23. The van der Waals surface area contributed by atoms with Gasteiger partial charge >= 0.3 is 0 Å². The van der Waals surface area contributed by atoms with Gasteiger partial charge in [-0.25, -0.2) is 8.42 Å². The lowest BCUT2D eigenvalue weighted by atomic mass is 10.3. The predicted octanol–water partition coefficient (Wildman–Crippen LogP) is 3.01. The van der Waals surface area contributed by atoms with Crippen molar-refractivity contribution in [3.63, 3.8) is 0 Å². The maximum atomic E-state index is 12.3. The lowest BCUT2D eigenvalue weighted by molar-refractivity contribution is 0.482. The first-order chi connectivity index (χ1) is 11.0. The number of hydrogen-bond donors (Lipinski definition) is 1. The summed E-state index contributed by atoms with van der Waals surface area (Å²) in [5, 5.41) is 3.93. The van der Waals surface area contributed by atoms with E-state index in [0.29, 0.717) is 17.2 Å². The number of anilines is 1. The average molecular weight is 329 g/mol. The van der Waals surface area contributed by atoms with Crippen molar-refractivity contribution in [3.05, 3.63) is 67.0 Å². The van der Waals surface area contributed by atoms with Crippen LogP contribution in [0.2, 0.25) is 0 Å². The van der Waals surface area contributed by atoms with Crippen molar-refractivity contribution in [2.24, 2.45) is 7.05 Å². The van der Waals surface area contributed by atoms with Gasteiger partial charge in [-0.15, -0.1) is 0 Å². The zero-order chi connectivity index (χ0) is 16.3. The molecule has 118 valence electrons. The van der Waals surface area contributed by atoms with Crippen LogP contribution in [0.5, 0.6) is 11.5 Å². The molecule has 0 aliphatic carbocycles. The number of rotatable bonds is 5. The molecule has 0 radical (unpaired) electrons. The van der Waals surface area contributed by atoms with Crippen LogP contribution < -0.4 is 9.46 Å². The smallest absolute Gasteiger partial charge is 0.261 e. The number of hydrogen-bond acceptors (Lipinski definition) is 4. The lowest BCUT2D eigenvalue weighted by Gasteiger charge is -2.08. The van der Waals surface area contributed by atoms with Gasteiger partial charge in [-0.3, -0.25) is 9.40 Å². The average Bonchev–Trinajstić information content (AvgIpc) is 2.93. The van der Waals surface area contributed by atoms with Crippen molar-refractivity contribution >= 4 is 15.7 Å². The number of benzene rings is 2. The van der Waals surface area contributed by atoms with E-state index in [1.54, 1.807) is 25.4 Å². The molecule has 0 bridgehead atoms. The van der Waals surface area contributed by atoms with Gasteiger partial charge in [0.15, 0.2) is 0 Å². The summed E-state index contributed by atoms with van der Waals surface area (Å²) < 4.78 is 34.2. The Hall–Kier alpha value is -2.80. The Morgan fingerprint density at radius 2 is 1.65 bits per heavy atom. The van der Waals surface area contributed by atoms with Crippen molar-refractivity contribution in [3.8, 4) is 11.5 Å². The van der Waals surface area contributed by atoms with E-state index in [1.807, 2.05) is 30.3 Å². The van der Waals surface area contributed by atoms with Gasteiger partial charge in [0.25, 0.3) is 10.0 Å². The molecule has 0 fully saturated rings. The molecule has 0 saturated carbocycles. The molecule has 0 aliphatic rings. The minimum absolute atomic E-state index is 0.154. The van der Waals surface area contributed by atoms with Crippen LogP contribution in [-0.2, 0) is 17.1 Å². The summed E-state index contributed by atoms with van der Waals surface area (Å²) in [5.74, 6) is 1.26. The highest BCUT2D eigenvalue weighted by atomic mass is 32.2. The zero-order valence-corrected chi connectivity index (χ0v) is 13.2. The Labute approximate surface area is 134 Å². The molecular formula is C16H15N3O3S. The molecule has 2 aromatic carbocycles. The number of para-hydroxylation sites is 1. The summed E-state index contributed by atoms with van der Waals surface area (Å²) in [6.07, 6.45) is 3.04. The van der Waals surface area contributed by atoms with Gasteiger partial charge in [-0.2, -0.15) is 5.10 Å². The Kier molecular flexibility index (Phi) is 4.03. The van der Waals surface area contributed by atoms with Crippen LogP contribution in [0.4, 0.5) is 5.69 Å². The summed E-state index contributed by atoms with van der Waals surface area (Å²) in [5.41, 5.74) is 0.414. The van der Waals surface area contributed by atoms with Crippen LogP contribution in [0.3, 0.4) is 0 Å². The zero-order valence-electron chi connectivity index (χ0n) is 12.4. The van der Waals surface area contributed by atoms with Crippen LogP contribution in [0.15, 0.2) is 71.9 Å². The second kappa shape index (κ2) is 6.13. The summed E-state index contributed by atoms with van der Waals surface area (Å²) in [6, 6.07) is 15.5. The molecule has 0 saturated heterocycles. The highest BCUT2D eigenvalue weighted by Gasteiger charge is 2.15. The Morgan fingerprint density at radius 3 is 2.26 bits per heavy atom. The first-order valence-corrected chi connectivity index (χ1v) is 8.36. The normalized spacial score (nSPS) is 11.2. The van der Waals surface area contributed by atoms with Crippen LogP contribution in [0.25, 0.3) is 0 Å². The summed E-state index contributed by atoms with van der Waals surface area (Å²) in [4.78, 5) is 0.154. The number of nitrogens with zero attached hydrogens (tertiary/aromatic N) is 2. The maximum absolute atomic E-state index is 12.3. The molecule has 1 N–H and O–H groups in total. The Bertz CT molecular complexity index is 888. The summed E-state index contributed by atoms with van der Waals surface area (Å²) in [6.45, 7) is 0. The van der Waals surface area contributed by atoms with E-state index in [2.05, 4.69) is 9.82 Å². The molecular weight excluding hydrogens is 314 g/mol. The fraction of sp³-hybridized carbons (Fsp3) is 0.0625. The van der Waals surface area contributed by atoms with E-state index >= 15 is 0 Å². The van der Waals surface area contributed by atoms with Crippen molar-refractivity contribution in [1.29, 1.82) is 0 Å². The third kappa shape index (κ3) is 3.70. The monoisotopic (exact) mass is 329 g/mol. The number of sulfonamides is 1. The maximum Gasteiger partial charge on any atom is 0.261 e. The van der Waals surface area contributed by atoms with E-state index in [9.17, 15) is 8.42 Å². The second-order valence-electron chi connectivity index (χ2n) is 4.89. The molecule has 0 atom stereocenters. The topological polar surface area (TPSA) is 73.2 Å². The number of aromatic nitrogens is 2. The molecule has 0 aliphatic heterocycles. The van der Waals surface area contributed by atoms with Crippen molar-refractivity contribution in [2.75, 3.05) is 4.72 Å². The summed E-state index contributed by atoms with van der Waals surface area (Å²) in [7, 11) is -1.93. The van der Waals surface area contributed by atoms with Crippen molar-refractivity contribution in [1.82, 2.24) is 9.78 Å². The Morgan fingerprint density at radius 1 is 1.00 bits per heavy atom. The highest BCUT2D eigenvalue weighted by molar-refractivity contribution is 7.92. The predicted molar refractivity (Wildman–Crippen MR) is 87.0 cm³/mol. The van der Waals surface area contributed by atoms with Gasteiger partial charge < -0.3 is 4.74 Å². The fourth-order valence-electron chi connectivity index (χ4n) is 2.00. The third-order valence-corrected chi connectivity index (χ3v) is 4.47. The van der Waals surface area contributed by atoms with E-state index in [4.69, 9.17) is 4.74 Å². The fourth-order valence-corrected chi connectivity index (χ4v) is 3.03. The second-order valence-corrected chi connectivity index (χ2v) is 6.58. The first kappa shape index (κ1) is 15.1. The van der Waals surface area contributed by atoms with Gasteiger partial charge in [0.2, 0.25) is 0 Å². The van der Waals surface area contributed by atoms with E-state index < -0.39 is 10.0 Å². The van der Waals surface area contributed by atoms with Gasteiger partial charge in [0.05, 0.1) is 16.8 Å². The molecule has 0 spiro atoms. The van der Waals surface area contributed by atoms with Gasteiger partial charge in [-0.1, -0.05) is 18.2 Å². The standard InChI is InChI=1S/C16H15N3O3S/c1-19-12-13(11-17-19)18-23(20,21)16-9-7-15(8-10-16)22-14-5-3-2-4-6-14/h2-12,18H,1H3. The van der Waals surface area contributed by atoms with Crippen LogP contribution in [0, 0.1) is 0 Å². The third-order valence-electron chi connectivity index (χ3n) is 3.07. The van der Waals surface area contributed by atoms with E-state index in [-0.39, 0.29) is 4.90 Å². The SMILES string of the molecule is Cn1cc(NS(=O)(=O)c2ccc(Oc3ccccc3)cc2)cn1. The molecule has 0 amide bonds. The molecule has 23 heavy (non-hydrogen) atoms. The van der Waals surface area contributed by atoms with Crippen molar-refractivity contribution < 1.29 is 13.2 Å². The van der Waals surface area contributed by atoms with Crippen LogP contribution in [-0.4, -0.2) is 18.2 Å². The van der Waals surface area contributed by atoms with Gasteiger partial charge in [0, 0.05) is 13.2 Å². The summed E-state index contributed by atoms with van der Waals surface area (Å²) >= 11 is 0. The number of ether oxygens (including phenoxy) is 1. The van der Waals surface area contributed by atoms with Crippen LogP contribution >= 0.6 is 0 Å². The number of aryl methyl sites for hydroxylation is 1. The largest absolute Gasteiger partial charge is 0.457 e. The molecule has 1 heterocycles. The minimum Gasteiger partial charge on any atom is -0.457 e. The Balaban J connectivity index is 1.76. The molecule has 6 nitrogen and oxygen atoms in total. The first-order valence-electron chi connectivity index (χ1n) is 6.87. The van der Waals surface area contributed by atoms with E-state index in [0.717, 1.165) is 0 Å². The quantitative estimate of drug-likeness (QED) is 0.781. The van der Waals surface area contributed by atoms with E-state index in [1.165, 1.54) is 23.0 Å². The van der Waals surface area contributed by atoms with Gasteiger partial charge in [0.1, 0.15) is 11.5 Å². The molecule has 7 heteroatoms. The molecule has 3 aromatic rings. The lowest BCUT2D eigenvalue weighted by Crippen LogP contribution is -2.12. The van der Waals surface area contributed by atoms with Crippen molar-refractivity contribution in [2.45, 2.75) is 4.90 Å². The minimum atomic E-state index is -3.65. The number of nitrogens with one attached hydrogen (secondary N) is 1. The molecule has 0 unspecified atom stereocenters. The van der Waals surface area contributed by atoms with Gasteiger partial charge in [-0.05, 0) is 36.4 Å². The van der Waals surface area contributed by atoms with Crippen LogP contribution in [0.1, 0.15) is 0 Å². The molecule has 1 aromatic heterocycles.